The molecule has 0 unspecified atom stereocenters. The zero-order chi connectivity index (χ0) is 20.3. The van der Waals surface area contributed by atoms with Crippen molar-refractivity contribution in [1.82, 2.24) is 15.3 Å². The lowest BCUT2D eigenvalue weighted by atomic mass is 10.1. The molecule has 6 heteroatoms. The van der Waals surface area contributed by atoms with Crippen molar-refractivity contribution in [3.05, 3.63) is 83.8 Å². The third kappa shape index (κ3) is 6.31. The van der Waals surface area contributed by atoms with Gasteiger partial charge >= 0.3 is 0 Å². The first-order chi connectivity index (χ1) is 14.3. The lowest BCUT2D eigenvalue weighted by Gasteiger charge is -2.09. The third-order valence-corrected chi connectivity index (χ3v) is 4.55. The monoisotopic (exact) mass is 390 g/mol. The number of nitrogens with one attached hydrogen (secondary N) is 2. The van der Waals surface area contributed by atoms with Crippen molar-refractivity contribution >= 4 is 11.7 Å². The van der Waals surface area contributed by atoms with Gasteiger partial charge in [-0.25, -0.2) is 9.97 Å². The number of para-hydroxylation sites is 1. The third-order valence-electron chi connectivity index (χ3n) is 4.55. The van der Waals surface area contributed by atoms with E-state index < -0.39 is 0 Å². The minimum atomic E-state index is -0.203. The topological polar surface area (TPSA) is 76.1 Å². The largest absolute Gasteiger partial charge is 0.496 e. The molecule has 3 aromatic rings. The normalized spacial score (nSPS) is 10.4. The summed E-state index contributed by atoms with van der Waals surface area (Å²) in [4.78, 5) is 20.7. The first-order valence-corrected chi connectivity index (χ1v) is 9.76. The number of methoxy groups -OCH3 is 1. The van der Waals surface area contributed by atoms with Crippen LogP contribution in [0.4, 0.5) is 5.82 Å². The smallest absolute Gasteiger partial charge is 0.271 e. The van der Waals surface area contributed by atoms with Crippen LogP contribution in [0, 0.1) is 0 Å². The van der Waals surface area contributed by atoms with Gasteiger partial charge in [0, 0.05) is 13.1 Å². The molecule has 1 amide bonds. The van der Waals surface area contributed by atoms with Gasteiger partial charge in [-0.15, -0.1) is 0 Å². The molecule has 1 heterocycles. The van der Waals surface area contributed by atoms with Gasteiger partial charge in [-0.1, -0.05) is 48.5 Å². The lowest BCUT2D eigenvalue weighted by Crippen LogP contribution is -2.26. The Morgan fingerprint density at radius 3 is 2.48 bits per heavy atom. The molecule has 0 saturated carbocycles. The number of ether oxygens (including phenoxy) is 1. The van der Waals surface area contributed by atoms with E-state index in [0.29, 0.717) is 24.6 Å². The van der Waals surface area contributed by atoms with Crippen molar-refractivity contribution in [1.29, 1.82) is 0 Å². The highest BCUT2D eigenvalue weighted by Gasteiger charge is 2.08. The average molecular weight is 390 g/mol. The Morgan fingerprint density at radius 1 is 0.931 bits per heavy atom. The second-order valence-corrected chi connectivity index (χ2v) is 6.62. The maximum absolute atomic E-state index is 12.2. The van der Waals surface area contributed by atoms with Crippen molar-refractivity contribution in [2.24, 2.45) is 0 Å². The number of hydrogen-bond donors (Lipinski definition) is 2. The predicted octanol–water partition coefficient (Wildman–Crippen LogP) is 3.50. The molecule has 2 N–H and O–H groups in total. The molecule has 0 aliphatic rings. The molecule has 3 rings (SSSR count). The molecular weight excluding hydrogens is 364 g/mol. The minimum Gasteiger partial charge on any atom is -0.496 e. The van der Waals surface area contributed by atoms with Gasteiger partial charge in [0.2, 0.25) is 0 Å². The first kappa shape index (κ1) is 20.3. The molecule has 150 valence electrons. The summed E-state index contributed by atoms with van der Waals surface area (Å²) in [5.41, 5.74) is 2.71. The fraction of sp³-hybridized carbons (Fsp3) is 0.261. The van der Waals surface area contributed by atoms with E-state index in [1.807, 2.05) is 42.5 Å². The van der Waals surface area contributed by atoms with Crippen LogP contribution in [0.15, 0.2) is 67.0 Å². The molecule has 0 atom stereocenters. The molecule has 29 heavy (non-hydrogen) atoms. The van der Waals surface area contributed by atoms with E-state index in [1.165, 1.54) is 11.8 Å². The Labute approximate surface area is 171 Å². The predicted molar refractivity (Wildman–Crippen MR) is 114 cm³/mol. The Bertz CT molecular complexity index is 898. The van der Waals surface area contributed by atoms with E-state index in [0.717, 1.165) is 30.6 Å². The summed E-state index contributed by atoms with van der Waals surface area (Å²) in [6, 6.07) is 18.2. The fourth-order valence-electron chi connectivity index (χ4n) is 3.00. The van der Waals surface area contributed by atoms with Crippen LogP contribution in [-0.2, 0) is 12.8 Å². The van der Waals surface area contributed by atoms with Gasteiger partial charge in [-0.05, 0) is 36.5 Å². The Kier molecular flexibility index (Phi) is 7.57. The van der Waals surface area contributed by atoms with Crippen LogP contribution in [-0.4, -0.2) is 36.1 Å². The number of nitrogens with zero attached hydrogens (tertiary/aromatic N) is 2. The van der Waals surface area contributed by atoms with Gasteiger partial charge in [-0.3, -0.25) is 4.79 Å². The lowest BCUT2D eigenvalue weighted by molar-refractivity contribution is 0.0948. The van der Waals surface area contributed by atoms with Gasteiger partial charge in [0.1, 0.15) is 17.3 Å². The highest BCUT2D eigenvalue weighted by molar-refractivity contribution is 5.91. The molecule has 0 fully saturated rings. The summed E-state index contributed by atoms with van der Waals surface area (Å²) in [6.07, 6.45) is 5.70. The highest BCUT2D eigenvalue weighted by atomic mass is 16.5. The first-order valence-electron chi connectivity index (χ1n) is 9.76. The molecule has 0 aliphatic carbocycles. The zero-order valence-electron chi connectivity index (χ0n) is 16.6. The van der Waals surface area contributed by atoms with Crippen molar-refractivity contribution in [2.45, 2.75) is 19.3 Å². The Balaban J connectivity index is 1.40. The van der Waals surface area contributed by atoms with E-state index in [9.17, 15) is 4.79 Å². The Hall–Kier alpha value is -3.41. The number of carbonyl (C=O) groups is 1. The summed E-state index contributed by atoms with van der Waals surface area (Å²) < 4.78 is 5.36. The van der Waals surface area contributed by atoms with Crippen LogP contribution >= 0.6 is 0 Å². The van der Waals surface area contributed by atoms with E-state index in [1.54, 1.807) is 13.3 Å². The number of aryl methyl sites for hydroxylation is 1. The van der Waals surface area contributed by atoms with E-state index in [-0.39, 0.29) is 5.91 Å². The molecule has 6 nitrogen and oxygen atoms in total. The molecule has 1 aromatic heterocycles. The number of anilines is 1. The molecule has 0 bridgehead atoms. The van der Waals surface area contributed by atoms with Crippen LogP contribution in [0.1, 0.15) is 28.0 Å². The summed E-state index contributed by atoms with van der Waals surface area (Å²) >= 11 is 0. The second kappa shape index (κ2) is 10.8. The maximum atomic E-state index is 12.2. The van der Waals surface area contributed by atoms with Gasteiger partial charge in [0.25, 0.3) is 5.91 Å². The maximum Gasteiger partial charge on any atom is 0.271 e. The van der Waals surface area contributed by atoms with E-state index in [4.69, 9.17) is 4.74 Å². The van der Waals surface area contributed by atoms with Gasteiger partial charge in [0.15, 0.2) is 0 Å². The molecule has 0 saturated heterocycles. The second-order valence-electron chi connectivity index (χ2n) is 6.62. The molecule has 0 radical (unpaired) electrons. The molecule has 2 aromatic carbocycles. The molecule has 0 aliphatic heterocycles. The number of benzene rings is 2. The van der Waals surface area contributed by atoms with Crippen LogP contribution < -0.4 is 15.4 Å². The summed E-state index contributed by atoms with van der Waals surface area (Å²) in [6.45, 7) is 1.30. The van der Waals surface area contributed by atoms with Crippen LogP contribution in [0.25, 0.3) is 0 Å². The average Bonchev–Trinajstić information content (AvgIpc) is 2.78. The highest BCUT2D eigenvalue weighted by Crippen LogP contribution is 2.17. The standard InChI is InChI=1S/C23H26N4O2/c1-29-21-12-6-5-11-19(21)13-15-24-22-17-26-20(16-27-22)23(28)25-14-7-10-18-8-3-2-4-9-18/h2-6,8-9,11-12,16-17H,7,10,13-15H2,1H3,(H,24,27)(H,25,28). The van der Waals surface area contributed by atoms with Gasteiger partial charge in [0.05, 0.1) is 19.5 Å². The number of rotatable bonds is 10. The minimum absolute atomic E-state index is 0.203. The van der Waals surface area contributed by atoms with Crippen LogP contribution in [0.2, 0.25) is 0 Å². The molecular formula is C23H26N4O2. The summed E-state index contributed by atoms with van der Waals surface area (Å²) in [5.74, 6) is 1.31. The Morgan fingerprint density at radius 2 is 1.72 bits per heavy atom. The van der Waals surface area contributed by atoms with Crippen molar-refractivity contribution in [3.8, 4) is 5.75 Å². The van der Waals surface area contributed by atoms with Crippen LogP contribution in [0.5, 0.6) is 5.75 Å². The number of hydrogen-bond acceptors (Lipinski definition) is 5. The molecule has 0 spiro atoms. The summed E-state index contributed by atoms with van der Waals surface area (Å²) in [7, 11) is 1.67. The fourth-order valence-corrected chi connectivity index (χ4v) is 3.00. The van der Waals surface area contributed by atoms with E-state index in [2.05, 4.69) is 32.7 Å². The van der Waals surface area contributed by atoms with Crippen molar-refractivity contribution < 1.29 is 9.53 Å². The number of carbonyl (C=O) groups excluding carboxylic acids is 1. The summed E-state index contributed by atoms with van der Waals surface area (Å²) in [5, 5.41) is 6.11. The van der Waals surface area contributed by atoms with Crippen molar-refractivity contribution in [2.75, 3.05) is 25.5 Å². The number of amides is 1. The zero-order valence-corrected chi connectivity index (χ0v) is 16.6. The van der Waals surface area contributed by atoms with E-state index >= 15 is 0 Å². The van der Waals surface area contributed by atoms with Gasteiger partial charge < -0.3 is 15.4 Å². The van der Waals surface area contributed by atoms with Crippen LogP contribution in [0.3, 0.4) is 0 Å². The number of aromatic nitrogens is 2. The quantitative estimate of drug-likeness (QED) is 0.518. The van der Waals surface area contributed by atoms with Gasteiger partial charge in [-0.2, -0.15) is 0 Å². The SMILES string of the molecule is COc1ccccc1CCNc1cnc(C(=O)NCCCc2ccccc2)cn1. The van der Waals surface area contributed by atoms with Crippen molar-refractivity contribution in [3.63, 3.8) is 0 Å².